The van der Waals surface area contributed by atoms with Crippen LogP contribution in [0, 0.1) is 23.0 Å². The maximum atomic E-state index is 13.8. The van der Waals surface area contributed by atoms with Gasteiger partial charge in [-0.2, -0.15) is 5.26 Å². The first kappa shape index (κ1) is 15.1. The Kier molecular flexibility index (Phi) is 4.61. The highest BCUT2D eigenvalue weighted by Gasteiger charge is 2.12. The molecule has 0 spiro atoms. The van der Waals surface area contributed by atoms with Crippen molar-refractivity contribution in [2.75, 3.05) is 12.4 Å². The van der Waals surface area contributed by atoms with E-state index >= 15 is 0 Å². The minimum absolute atomic E-state index is 0.0610. The Hall–Kier alpha value is -2.32. The molecule has 108 valence electrons. The van der Waals surface area contributed by atoms with Gasteiger partial charge in [-0.05, 0) is 30.3 Å². The van der Waals surface area contributed by atoms with Crippen LogP contribution >= 0.6 is 11.6 Å². The van der Waals surface area contributed by atoms with Gasteiger partial charge in [-0.3, -0.25) is 0 Å². The molecule has 0 heterocycles. The number of benzene rings is 2. The Morgan fingerprint density at radius 2 is 1.90 bits per heavy atom. The molecule has 0 amide bonds. The van der Waals surface area contributed by atoms with Crippen LogP contribution in [-0.2, 0) is 6.54 Å². The molecule has 0 saturated heterocycles. The fraction of sp³-hybridized carbons (Fsp3) is 0.133. The maximum Gasteiger partial charge on any atom is 0.142 e. The summed E-state index contributed by atoms with van der Waals surface area (Å²) in [5.41, 5.74) is 0.304. The van der Waals surface area contributed by atoms with E-state index in [9.17, 15) is 8.78 Å². The van der Waals surface area contributed by atoms with Crippen LogP contribution in [0.3, 0.4) is 0 Å². The van der Waals surface area contributed by atoms with Crippen molar-refractivity contribution in [1.82, 2.24) is 0 Å². The Morgan fingerprint density at radius 1 is 1.24 bits per heavy atom. The van der Waals surface area contributed by atoms with Crippen molar-refractivity contribution in [3.8, 4) is 11.8 Å². The van der Waals surface area contributed by atoms with E-state index in [1.807, 2.05) is 0 Å². The molecule has 0 bridgehead atoms. The van der Waals surface area contributed by atoms with E-state index in [2.05, 4.69) is 5.32 Å². The summed E-state index contributed by atoms with van der Waals surface area (Å²) in [6.07, 6.45) is 0. The van der Waals surface area contributed by atoms with Crippen molar-refractivity contribution >= 4 is 17.3 Å². The van der Waals surface area contributed by atoms with Crippen molar-refractivity contribution in [2.45, 2.75) is 6.54 Å². The van der Waals surface area contributed by atoms with E-state index in [4.69, 9.17) is 21.6 Å². The zero-order valence-electron chi connectivity index (χ0n) is 11.1. The summed E-state index contributed by atoms with van der Waals surface area (Å²) in [5, 5.41) is 12.0. The highest BCUT2D eigenvalue weighted by Crippen LogP contribution is 2.28. The number of halogens is 3. The molecule has 0 fully saturated rings. The lowest BCUT2D eigenvalue weighted by Gasteiger charge is -2.12. The van der Waals surface area contributed by atoms with Crippen LogP contribution in [0.2, 0.25) is 5.02 Å². The van der Waals surface area contributed by atoms with Crippen molar-refractivity contribution in [1.29, 1.82) is 5.26 Å². The number of nitrogens with zero attached hydrogens (tertiary/aromatic N) is 1. The van der Waals surface area contributed by atoms with Gasteiger partial charge in [0.1, 0.15) is 17.4 Å². The Labute approximate surface area is 125 Å². The molecule has 6 heteroatoms. The first-order valence-electron chi connectivity index (χ1n) is 6.00. The van der Waals surface area contributed by atoms with Crippen LogP contribution in [0.1, 0.15) is 11.1 Å². The minimum Gasteiger partial charge on any atom is -0.495 e. The first-order valence-corrected chi connectivity index (χ1v) is 6.38. The van der Waals surface area contributed by atoms with Gasteiger partial charge < -0.3 is 10.1 Å². The normalized spacial score (nSPS) is 10.0. The third-order valence-corrected chi connectivity index (χ3v) is 3.12. The van der Waals surface area contributed by atoms with Gasteiger partial charge in [-0.1, -0.05) is 11.6 Å². The Bertz CT molecular complexity index is 690. The van der Waals surface area contributed by atoms with Gasteiger partial charge in [0, 0.05) is 17.1 Å². The van der Waals surface area contributed by atoms with Gasteiger partial charge in [0.15, 0.2) is 0 Å². The summed E-state index contributed by atoms with van der Waals surface area (Å²) >= 11 is 5.88. The van der Waals surface area contributed by atoms with Crippen LogP contribution in [0.15, 0.2) is 30.3 Å². The van der Waals surface area contributed by atoms with Gasteiger partial charge in [0.2, 0.25) is 0 Å². The van der Waals surface area contributed by atoms with E-state index in [1.165, 1.54) is 7.11 Å². The quantitative estimate of drug-likeness (QED) is 0.924. The molecule has 0 aliphatic rings. The van der Waals surface area contributed by atoms with Gasteiger partial charge in [-0.15, -0.1) is 0 Å². The van der Waals surface area contributed by atoms with Crippen LogP contribution in [0.25, 0.3) is 0 Å². The lowest BCUT2D eigenvalue weighted by Crippen LogP contribution is -2.06. The average molecular weight is 309 g/mol. The molecule has 0 radical (unpaired) electrons. The van der Waals surface area contributed by atoms with Crippen molar-refractivity contribution < 1.29 is 13.5 Å². The zero-order valence-corrected chi connectivity index (χ0v) is 11.8. The molecule has 0 aliphatic heterocycles. The van der Waals surface area contributed by atoms with Gasteiger partial charge in [0.05, 0.1) is 24.4 Å². The molecule has 3 nitrogen and oxygen atoms in total. The monoisotopic (exact) mass is 308 g/mol. The molecule has 0 atom stereocenters. The molecule has 2 aromatic carbocycles. The van der Waals surface area contributed by atoms with E-state index in [-0.39, 0.29) is 17.7 Å². The fourth-order valence-corrected chi connectivity index (χ4v) is 2.01. The number of nitrogens with one attached hydrogen (secondary N) is 1. The number of ether oxygens (including phenoxy) is 1. The summed E-state index contributed by atoms with van der Waals surface area (Å²) in [7, 11) is 1.48. The van der Waals surface area contributed by atoms with Crippen molar-refractivity contribution in [3.63, 3.8) is 0 Å². The number of anilines is 1. The van der Waals surface area contributed by atoms with Crippen LogP contribution in [0.4, 0.5) is 14.5 Å². The van der Waals surface area contributed by atoms with Gasteiger partial charge in [-0.25, -0.2) is 8.78 Å². The van der Waals surface area contributed by atoms with Crippen LogP contribution in [0.5, 0.6) is 5.75 Å². The third kappa shape index (κ3) is 3.41. The Morgan fingerprint density at radius 3 is 2.48 bits per heavy atom. The smallest absolute Gasteiger partial charge is 0.142 e. The molecule has 1 N–H and O–H groups in total. The van der Waals surface area contributed by atoms with E-state index in [1.54, 1.807) is 24.3 Å². The predicted octanol–water partition coefficient (Wildman–Crippen LogP) is 4.11. The summed E-state index contributed by atoms with van der Waals surface area (Å²) in [4.78, 5) is 0. The van der Waals surface area contributed by atoms with E-state index in [0.717, 1.165) is 12.1 Å². The number of methoxy groups -OCH3 is 1. The minimum atomic E-state index is -0.778. The number of rotatable bonds is 4. The largest absolute Gasteiger partial charge is 0.495 e. The van der Waals surface area contributed by atoms with Crippen molar-refractivity contribution in [3.05, 3.63) is 58.1 Å². The van der Waals surface area contributed by atoms with E-state index in [0.29, 0.717) is 16.5 Å². The maximum absolute atomic E-state index is 13.8. The first-order chi connectivity index (χ1) is 10.0. The van der Waals surface area contributed by atoms with Crippen LogP contribution in [-0.4, -0.2) is 7.11 Å². The highest BCUT2D eigenvalue weighted by molar-refractivity contribution is 6.30. The molecule has 21 heavy (non-hydrogen) atoms. The number of hydrogen-bond acceptors (Lipinski definition) is 3. The molecule has 0 aromatic heterocycles. The average Bonchev–Trinajstić information content (AvgIpc) is 2.46. The molecule has 0 aliphatic carbocycles. The molecule has 2 aromatic rings. The molecular weight excluding hydrogens is 298 g/mol. The molecular formula is C15H11ClF2N2O. The Balaban J connectivity index is 2.25. The predicted molar refractivity (Wildman–Crippen MR) is 76.4 cm³/mol. The SMILES string of the molecule is COc1ccc(Cl)cc1NCc1c(F)cc(C#N)cc1F. The summed E-state index contributed by atoms with van der Waals surface area (Å²) < 4.78 is 32.7. The second kappa shape index (κ2) is 6.42. The fourth-order valence-electron chi connectivity index (χ4n) is 1.84. The number of nitriles is 1. The summed E-state index contributed by atoms with van der Waals surface area (Å²) in [6.45, 7) is -0.0971. The zero-order chi connectivity index (χ0) is 15.4. The van der Waals surface area contributed by atoms with E-state index < -0.39 is 11.6 Å². The standard InChI is InChI=1S/C15H11ClF2N2O/c1-21-15-3-2-10(16)6-14(15)20-8-11-12(17)4-9(7-19)5-13(11)18/h2-6,20H,8H2,1H3. The topological polar surface area (TPSA) is 45.0 Å². The number of hydrogen-bond donors (Lipinski definition) is 1. The summed E-state index contributed by atoms with van der Waals surface area (Å²) in [6, 6.07) is 8.58. The molecule has 2 rings (SSSR count). The second-order valence-corrected chi connectivity index (χ2v) is 4.66. The van der Waals surface area contributed by atoms with Gasteiger partial charge >= 0.3 is 0 Å². The molecule has 0 saturated carbocycles. The molecule has 0 unspecified atom stereocenters. The van der Waals surface area contributed by atoms with Crippen molar-refractivity contribution in [2.24, 2.45) is 0 Å². The summed E-state index contributed by atoms with van der Waals surface area (Å²) in [5.74, 6) is -1.05. The lowest BCUT2D eigenvalue weighted by molar-refractivity contribution is 0.416. The second-order valence-electron chi connectivity index (χ2n) is 4.23. The van der Waals surface area contributed by atoms with Crippen LogP contribution < -0.4 is 10.1 Å². The lowest BCUT2D eigenvalue weighted by atomic mass is 10.1. The van der Waals surface area contributed by atoms with Gasteiger partial charge in [0.25, 0.3) is 0 Å². The highest BCUT2D eigenvalue weighted by atomic mass is 35.5. The third-order valence-electron chi connectivity index (χ3n) is 2.89.